The number of aromatic hydroxyl groups is 1. The number of alkyl halides is 9. The molecule has 0 aliphatic heterocycles. The van der Waals surface area contributed by atoms with E-state index in [0.29, 0.717) is 17.4 Å². The van der Waals surface area contributed by atoms with Gasteiger partial charge in [0.05, 0.1) is 24.3 Å². The monoisotopic (exact) mass is 938 g/mol. The lowest BCUT2D eigenvalue weighted by atomic mass is 9.91. The molecule has 354 valence electrons. The molecule has 66 heavy (non-hydrogen) atoms. The fraction of sp³-hybridized carbons (Fsp3) is 0.298. The fourth-order valence-corrected chi connectivity index (χ4v) is 6.04. The maximum absolute atomic E-state index is 13.3. The van der Waals surface area contributed by atoms with Crippen molar-refractivity contribution in [2.75, 3.05) is 13.2 Å². The largest absolute Gasteiger partial charge is 0.508 e. The number of halogens is 9. The lowest BCUT2D eigenvalue weighted by molar-refractivity contribution is -0.216. The van der Waals surface area contributed by atoms with Gasteiger partial charge in [0.15, 0.2) is 6.10 Å². The van der Waals surface area contributed by atoms with Gasteiger partial charge in [0.25, 0.3) is 0 Å². The summed E-state index contributed by atoms with van der Waals surface area (Å²) in [6, 6.07) is 28.0. The quantitative estimate of drug-likeness (QED) is 0.0580. The summed E-state index contributed by atoms with van der Waals surface area (Å²) in [7, 11) is 0. The van der Waals surface area contributed by atoms with Crippen LogP contribution in [0.1, 0.15) is 61.6 Å². The molecular weight excluding hydrogens is 895 g/mol. The summed E-state index contributed by atoms with van der Waals surface area (Å²) in [4.78, 5) is 37.4. The molecule has 3 unspecified atom stereocenters. The van der Waals surface area contributed by atoms with Crippen LogP contribution in [-0.4, -0.2) is 53.6 Å². The molecule has 0 spiro atoms. The van der Waals surface area contributed by atoms with E-state index < -0.39 is 70.6 Å². The van der Waals surface area contributed by atoms with E-state index in [0.717, 1.165) is 42.8 Å². The van der Waals surface area contributed by atoms with Crippen molar-refractivity contribution in [3.8, 4) is 23.0 Å². The molecule has 0 radical (unpaired) electrons. The Morgan fingerprint density at radius 1 is 0.561 bits per heavy atom. The molecule has 0 aromatic heterocycles. The smallest absolute Gasteiger partial charge is 0.490 e. The predicted octanol–water partition coefficient (Wildman–Crippen LogP) is 11.2. The van der Waals surface area contributed by atoms with E-state index in [-0.39, 0.29) is 43.3 Å². The maximum Gasteiger partial charge on any atom is 0.490 e. The van der Waals surface area contributed by atoms with Crippen molar-refractivity contribution in [1.82, 2.24) is 0 Å². The molecule has 5 aromatic rings. The number of carbonyl (C=O) groups is 3. The van der Waals surface area contributed by atoms with Crippen LogP contribution in [0.25, 0.3) is 0 Å². The van der Waals surface area contributed by atoms with Crippen LogP contribution in [0, 0.1) is 0 Å². The predicted molar refractivity (Wildman–Crippen MR) is 218 cm³/mol. The Hall–Kier alpha value is -6.92. The number of esters is 3. The molecule has 0 bridgehead atoms. The van der Waals surface area contributed by atoms with E-state index >= 15 is 0 Å². The summed E-state index contributed by atoms with van der Waals surface area (Å²) in [5.41, 5.74) is -4.73. The minimum atomic E-state index is -5.46. The van der Waals surface area contributed by atoms with Gasteiger partial charge in [-0.15, -0.1) is 0 Å². The molecule has 3 atom stereocenters. The number of hydrogen-bond donors (Lipinski definition) is 1. The molecule has 1 N–H and O–H groups in total. The molecule has 0 saturated carbocycles. The fourth-order valence-electron chi connectivity index (χ4n) is 6.04. The molecule has 0 saturated heterocycles. The van der Waals surface area contributed by atoms with Crippen LogP contribution in [0.5, 0.6) is 23.0 Å². The van der Waals surface area contributed by atoms with Crippen molar-refractivity contribution in [3.63, 3.8) is 0 Å². The molecule has 0 aliphatic carbocycles. The van der Waals surface area contributed by atoms with Gasteiger partial charge >= 0.3 is 36.4 Å². The second-order valence-electron chi connectivity index (χ2n) is 14.5. The summed E-state index contributed by atoms with van der Waals surface area (Å²) < 4.78 is 150. The number of phenolic OH excluding ortho intramolecular Hbond substituents is 1. The lowest BCUT2D eigenvalue weighted by Crippen LogP contribution is -2.50. The number of carbonyl (C=O) groups excluding carboxylic acids is 3. The zero-order valence-corrected chi connectivity index (χ0v) is 35.6. The van der Waals surface area contributed by atoms with Gasteiger partial charge in [-0.2, -0.15) is 39.5 Å². The Morgan fingerprint density at radius 2 is 1.08 bits per heavy atom. The normalized spacial score (nSPS) is 13.9. The van der Waals surface area contributed by atoms with E-state index in [1.807, 2.05) is 30.3 Å². The first-order valence-corrected chi connectivity index (χ1v) is 19.8. The van der Waals surface area contributed by atoms with Gasteiger partial charge in [0, 0.05) is 6.42 Å². The first-order valence-electron chi connectivity index (χ1n) is 19.8. The topological polar surface area (TPSA) is 127 Å². The average molecular weight is 939 g/mol. The second kappa shape index (κ2) is 21.8. The van der Waals surface area contributed by atoms with E-state index in [1.165, 1.54) is 62.4 Å². The van der Waals surface area contributed by atoms with Crippen LogP contribution in [0.15, 0.2) is 127 Å². The van der Waals surface area contributed by atoms with Gasteiger partial charge in [0.1, 0.15) is 29.6 Å². The number of phenols is 1. The summed E-state index contributed by atoms with van der Waals surface area (Å²) >= 11 is 0. The Morgan fingerprint density at radius 3 is 1.58 bits per heavy atom. The number of rotatable bonds is 16. The van der Waals surface area contributed by atoms with Gasteiger partial charge in [-0.25, -0.2) is 14.4 Å². The second-order valence-corrected chi connectivity index (χ2v) is 14.5. The highest BCUT2D eigenvalue weighted by atomic mass is 19.4. The van der Waals surface area contributed by atoms with E-state index in [1.54, 1.807) is 19.1 Å². The van der Waals surface area contributed by atoms with Crippen molar-refractivity contribution < 1.29 is 87.4 Å². The third-order valence-corrected chi connectivity index (χ3v) is 9.25. The SMILES string of the molecule is CCOC(=O)C(C)(Cc1ccc(O)cc1)Oc1cccc(C(F)(F)F)c1.CCOC(=O)C(C)(Oc1cccc(C(F)(F)F)c1)C(OC(=O)C(F)(F)F)c1ccc(OCc2ccccc2)cc1. The Balaban J connectivity index is 0.000000316. The highest BCUT2D eigenvalue weighted by Gasteiger charge is 2.53. The third-order valence-electron chi connectivity index (χ3n) is 9.25. The van der Waals surface area contributed by atoms with E-state index in [4.69, 9.17) is 28.4 Å². The average Bonchev–Trinajstić information content (AvgIpc) is 3.25. The van der Waals surface area contributed by atoms with E-state index in [2.05, 4.69) is 0 Å². The Kier molecular flexibility index (Phi) is 17.1. The maximum atomic E-state index is 13.3. The van der Waals surface area contributed by atoms with Crippen LogP contribution in [0.4, 0.5) is 39.5 Å². The third kappa shape index (κ3) is 14.5. The summed E-state index contributed by atoms with van der Waals surface area (Å²) in [6.45, 7) is 5.47. The Labute approximate surface area is 372 Å². The molecule has 10 nitrogen and oxygen atoms in total. The van der Waals surface area contributed by atoms with Gasteiger partial charge in [-0.3, -0.25) is 0 Å². The molecule has 0 fully saturated rings. The standard InChI is InChI=1S/C28H24F6O6.C19H19F3O4/c1-3-37-24(35)26(2,40-22-11-7-10-20(16-22)27(29,30)31)23(39-25(36)28(32,33)34)19-12-14-21(15-13-19)38-17-18-8-5-4-6-9-18;1-3-25-17(24)18(2,12-13-7-9-15(23)10-8-13)26-16-6-4-5-14(11-16)19(20,21)22/h4-16,23H,3,17H2,1-2H3;4-11,23H,3,12H2,1-2H3. The van der Waals surface area contributed by atoms with Crippen molar-refractivity contribution in [3.05, 3.63) is 155 Å². The van der Waals surface area contributed by atoms with E-state index in [9.17, 15) is 59.0 Å². The zero-order chi connectivity index (χ0) is 48.9. The van der Waals surface area contributed by atoms with Crippen molar-refractivity contribution in [2.45, 2.75) is 76.6 Å². The molecule has 5 rings (SSSR count). The number of ether oxygens (including phenoxy) is 6. The van der Waals surface area contributed by atoms with Crippen molar-refractivity contribution in [1.29, 1.82) is 0 Å². The first kappa shape index (κ1) is 51.7. The molecular formula is C47H43F9O10. The van der Waals surface area contributed by atoms with Crippen molar-refractivity contribution >= 4 is 17.9 Å². The summed E-state index contributed by atoms with van der Waals surface area (Å²) in [5, 5.41) is 9.36. The summed E-state index contributed by atoms with van der Waals surface area (Å²) in [6.07, 6.45) is -16.8. The van der Waals surface area contributed by atoms with Gasteiger partial charge in [-0.05, 0) is 105 Å². The first-order chi connectivity index (χ1) is 30.9. The highest BCUT2D eigenvalue weighted by Crippen LogP contribution is 2.40. The van der Waals surface area contributed by atoms with Gasteiger partial charge in [0.2, 0.25) is 11.2 Å². The number of hydrogen-bond acceptors (Lipinski definition) is 10. The molecule has 19 heteroatoms. The molecule has 5 aromatic carbocycles. The summed E-state index contributed by atoms with van der Waals surface area (Å²) in [5.74, 6) is -4.88. The van der Waals surface area contributed by atoms with Gasteiger partial charge < -0.3 is 33.5 Å². The van der Waals surface area contributed by atoms with Gasteiger partial charge in [-0.1, -0.05) is 66.7 Å². The molecule has 0 heterocycles. The lowest BCUT2D eigenvalue weighted by Gasteiger charge is -2.35. The van der Waals surface area contributed by atoms with Crippen LogP contribution < -0.4 is 14.2 Å². The molecule has 0 aliphatic rings. The number of benzene rings is 5. The van der Waals surface area contributed by atoms with Crippen LogP contribution >= 0.6 is 0 Å². The minimum Gasteiger partial charge on any atom is -0.508 e. The molecule has 0 amide bonds. The van der Waals surface area contributed by atoms with Crippen LogP contribution in [0.2, 0.25) is 0 Å². The highest BCUT2D eigenvalue weighted by molar-refractivity contribution is 5.83. The Bertz CT molecular complexity index is 2370. The van der Waals surface area contributed by atoms with Crippen LogP contribution in [0.3, 0.4) is 0 Å². The zero-order valence-electron chi connectivity index (χ0n) is 35.6. The van der Waals surface area contributed by atoms with Crippen LogP contribution in [-0.2, 0) is 54.0 Å². The van der Waals surface area contributed by atoms with Crippen molar-refractivity contribution in [2.24, 2.45) is 0 Å². The minimum absolute atomic E-state index is 0.0579.